The number of aromatic nitrogens is 2. The number of halogens is 1. The van der Waals surface area contributed by atoms with E-state index >= 15 is 0 Å². The number of aryl methyl sites for hydroxylation is 1. The SMILES string of the molecule is O=C(CCn1c(=O)[nH]c(=O)c2ccccc21)NCC(=O)N1CCN(c2cccc(Cl)c2)CC1. The number of H-pyrrole nitrogens is 1. The predicted molar refractivity (Wildman–Crippen MR) is 127 cm³/mol. The Kier molecular flexibility index (Phi) is 6.79. The number of para-hydroxylation sites is 1. The van der Waals surface area contributed by atoms with Crippen molar-refractivity contribution in [2.45, 2.75) is 13.0 Å². The van der Waals surface area contributed by atoms with Gasteiger partial charge in [0.1, 0.15) is 0 Å². The van der Waals surface area contributed by atoms with Gasteiger partial charge in [-0.2, -0.15) is 0 Å². The second-order valence-electron chi connectivity index (χ2n) is 7.80. The molecule has 0 bridgehead atoms. The largest absolute Gasteiger partial charge is 0.368 e. The molecule has 0 aliphatic carbocycles. The number of rotatable bonds is 6. The highest BCUT2D eigenvalue weighted by Gasteiger charge is 2.21. The molecule has 2 amide bonds. The Balaban J connectivity index is 1.27. The Morgan fingerprint density at radius 2 is 1.76 bits per heavy atom. The van der Waals surface area contributed by atoms with Crippen LogP contribution in [0.25, 0.3) is 10.9 Å². The quantitative estimate of drug-likeness (QED) is 0.564. The summed E-state index contributed by atoms with van der Waals surface area (Å²) in [6, 6.07) is 14.3. The highest BCUT2D eigenvalue weighted by molar-refractivity contribution is 6.30. The summed E-state index contributed by atoms with van der Waals surface area (Å²) in [5.74, 6) is -0.496. The standard InChI is InChI=1S/C23H24ClN5O4/c24-16-4-3-5-17(14-16)27-10-12-28(13-11-27)21(31)15-25-20(30)8-9-29-19-7-2-1-6-18(19)22(32)26-23(29)33/h1-7,14H,8-13,15H2,(H,25,30)(H,26,32,33). The average molecular weight is 470 g/mol. The number of carbonyl (C=O) groups is 2. The maximum absolute atomic E-state index is 12.5. The molecule has 3 aromatic rings. The van der Waals surface area contributed by atoms with E-state index in [9.17, 15) is 19.2 Å². The lowest BCUT2D eigenvalue weighted by molar-refractivity contribution is -0.133. The van der Waals surface area contributed by atoms with Gasteiger partial charge >= 0.3 is 5.69 Å². The van der Waals surface area contributed by atoms with Crippen LogP contribution in [0.3, 0.4) is 0 Å². The van der Waals surface area contributed by atoms with Crippen molar-refractivity contribution >= 4 is 40.0 Å². The maximum Gasteiger partial charge on any atom is 0.328 e. The van der Waals surface area contributed by atoms with Crippen LogP contribution in [0.4, 0.5) is 5.69 Å². The number of nitrogens with one attached hydrogen (secondary N) is 2. The zero-order valence-electron chi connectivity index (χ0n) is 17.9. The highest BCUT2D eigenvalue weighted by Crippen LogP contribution is 2.20. The van der Waals surface area contributed by atoms with Gasteiger partial charge in [-0.1, -0.05) is 29.8 Å². The topological polar surface area (TPSA) is 108 Å². The zero-order valence-corrected chi connectivity index (χ0v) is 18.7. The highest BCUT2D eigenvalue weighted by atomic mass is 35.5. The number of hydrogen-bond donors (Lipinski definition) is 2. The van der Waals surface area contributed by atoms with Crippen molar-refractivity contribution in [1.82, 2.24) is 19.8 Å². The molecule has 0 radical (unpaired) electrons. The lowest BCUT2D eigenvalue weighted by atomic mass is 10.2. The van der Waals surface area contributed by atoms with Gasteiger partial charge in [0.2, 0.25) is 11.8 Å². The molecule has 1 saturated heterocycles. The van der Waals surface area contributed by atoms with Crippen LogP contribution in [0.2, 0.25) is 5.02 Å². The molecule has 1 fully saturated rings. The van der Waals surface area contributed by atoms with Gasteiger partial charge in [0.05, 0.1) is 17.4 Å². The van der Waals surface area contributed by atoms with Gasteiger partial charge in [-0.25, -0.2) is 4.79 Å². The molecule has 0 saturated carbocycles. The number of hydrogen-bond acceptors (Lipinski definition) is 5. The zero-order chi connectivity index (χ0) is 23.4. The Bertz CT molecular complexity index is 1290. The van der Waals surface area contributed by atoms with E-state index in [0.717, 1.165) is 5.69 Å². The molecular weight excluding hydrogens is 446 g/mol. The Labute approximate surface area is 194 Å². The first-order valence-electron chi connectivity index (χ1n) is 10.7. The number of anilines is 1. The minimum atomic E-state index is -0.569. The van der Waals surface area contributed by atoms with E-state index in [0.29, 0.717) is 42.1 Å². The molecule has 1 aromatic heterocycles. The van der Waals surface area contributed by atoms with E-state index in [1.165, 1.54) is 4.57 Å². The third-order valence-electron chi connectivity index (χ3n) is 5.71. The fourth-order valence-corrected chi connectivity index (χ4v) is 4.12. The molecule has 1 aliphatic rings. The molecule has 0 spiro atoms. The maximum atomic E-state index is 12.5. The van der Waals surface area contributed by atoms with E-state index in [1.54, 1.807) is 29.2 Å². The summed E-state index contributed by atoms with van der Waals surface area (Å²) in [7, 11) is 0. The molecule has 1 aliphatic heterocycles. The van der Waals surface area contributed by atoms with Gasteiger partial charge in [-0.15, -0.1) is 0 Å². The molecule has 0 atom stereocenters. The predicted octanol–water partition coefficient (Wildman–Crippen LogP) is 1.20. The molecular formula is C23H24ClN5O4. The van der Waals surface area contributed by atoms with Crippen LogP contribution in [0.1, 0.15) is 6.42 Å². The van der Waals surface area contributed by atoms with Crippen molar-refractivity contribution < 1.29 is 9.59 Å². The Morgan fingerprint density at radius 1 is 1.00 bits per heavy atom. The van der Waals surface area contributed by atoms with Gasteiger partial charge in [0, 0.05) is 49.9 Å². The summed E-state index contributed by atoms with van der Waals surface area (Å²) in [6.07, 6.45) is 0.00572. The third kappa shape index (κ3) is 5.25. The molecule has 33 heavy (non-hydrogen) atoms. The molecule has 2 heterocycles. The number of amides is 2. The van der Waals surface area contributed by atoms with Crippen molar-refractivity contribution in [3.8, 4) is 0 Å². The van der Waals surface area contributed by atoms with E-state index in [1.807, 2.05) is 24.3 Å². The fraction of sp³-hybridized carbons (Fsp3) is 0.304. The summed E-state index contributed by atoms with van der Waals surface area (Å²) in [6.45, 7) is 2.47. The summed E-state index contributed by atoms with van der Waals surface area (Å²) in [4.78, 5) is 55.1. The molecule has 10 heteroatoms. The number of fused-ring (bicyclic) bond motifs is 1. The van der Waals surface area contributed by atoms with E-state index in [-0.39, 0.29) is 31.3 Å². The van der Waals surface area contributed by atoms with Crippen molar-refractivity contribution in [3.05, 3.63) is 74.4 Å². The first-order chi connectivity index (χ1) is 15.9. The van der Waals surface area contributed by atoms with Gasteiger partial charge < -0.3 is 15.1 Å². The summed E-state index contributed by atoms with van der Waals surface area (Å²) in [5, 5.41) is 3.68. The molecule has 172 valence electrons. The summed E-state index contributed by atoms with van der Waals surface area (Å²) < 4.78 is 1.35. The number of nitrogens with zero attached hydrogens (tertiary/aromatic N) is 3. The fourth-order valence-electron chi connectivity index (χ4n) is 3.94. The van der Waals surface area contributed by atoms with Crippen LogP contribution >= 0.6 is 11.6 Å². The Morgan fingerprint density at radius 3 is 2.52 bits per heavy atom. The first kappa shape index (κ1) is 22.6. The van der Waals surface area contributed by atoms with Crippen molar-refractivity contribution in [3.63, 3.8) is 0 Å². The molecule has 4 rings (SSSR count). The Hall–Kier alpha value is -3.59. The molecule has 9 nitrogen and oxygen atoms in total. The third-order valence-corrected chi connectivity index (χ3v) is 5.95. The van der Waals surface area contributed by atoms with Crippen molar-refractivity contribution in [2.24, 2.45) is 0 Å². The lowest BCUT2D eigenvalue weighted by Crippen LogP contribution is -2.51. The molecule has 2 aromatic carbocycles. The number of benzene rings is 2. The summed E-state index contributed by atoms with van der Waals surface area (Å²) in [5.41, 5.74) is 0.457. The average Bonchev–Trinajstić information content (AvgIpc) is 2.82. The first-order valence-corrected chi connectivity index (χ1v) is 11.1. The second-order valence-corrected chi connectivity index (χ2v) is 8.24. The minimum absolute atomic E-state index is 0.00572. The van der Waals surface area contributed by atoms with E-state index < -0.39 is 11.2 Å². The van der Waals surface area contributed by atoms with Gasteiger partial charge in [-0.3, -0.25) is 23.9 Å². The van der Waals surface area contributed by atoms with Crippen LogP contribution in [0, 0.1) is 0 Å². The molecule has 2 N–H and O–H groups in total. The van der Waals surface area contributed by atoms with Crippen LogP contribution in [0.5, 0.6) is 0 Å². The lowest BCUT2D eigenvalue weighted by Gasteiger charge is -2.36. The summed E-state index contributed by atoms with van der Waals surface area (Å²) >= 11 is 6.06. The van der Waals surface area contributed by atoms with Crippen molar-refractivity contribution in [1.29, 1.82) is 0 Å². The van der Waals surface area contributed by atoms with E-state index in [2.05, 4.69) is 15.2 Å². The van der Waals surface area contributed by atoms with Crippen LogP contribution in [-0.2, 0) is 16.1 Å². The normalized spacial score (nSPS) is 13.8. The number of piperazine rings is 1. The smallest absolute Gasteiger partial charge is 0.328 e. The van der Waals surface area contributed by atoms with Crippen LogP contribution < -0.4 is 21.5 Å². The second kappa shape index (κ2) is 9.91. The van der Waals surface area contributed by atoms with Gasteiger partial charge in [0.15, 0.2) is 0 Å². The number of aromatic amines is 1. The van der Waals surface area contributed by atoms with E-state index in [4.69, 9.17) is 11.6 Å². The van der Waals surface area contributed by atoms with Gasteiger partial charge in [0.25, 0.3) is 5.56 Å². The number of carbonyl (C=O) groups excluding carboxylic acids is 2. The molecule has 0 unspecified atom stereocenters. The monoisotopic (exact) mass is 469 g/mol. The minimum Gasteiger partial charge on any atom is -0.368 e. The van der Waals surface area contributed by atoms with Crippen molar-refractivity contribution in [2.75, 3.05) is 37.6 Å². The van der Waals surface area contributed by atoms with Crippen LogP contribution in [0.15, 0.2) is 58.1 Å². The van der Waals surface area contributed by atoms with Gasteiger partial charge in [-0.05, 0) is 30.3 Å². The van der Waals surface area contributed by atoms with Crippen LogP contribution in [-0.4, -0.2) is 59.0 Å².